The molecule has 27 heavy (non-hydrogen) atoms. The lowest BCUT2D eigenvalue weighted by Crippen LogP contribution is -2.26. The lowest BCUT2D eigenvalue weighted by atomic mass is 10.2. The molecule has 0 fully saturated rings. The van der Waals surface area contributed by atoms with Gasteiger partial charge in [-0.1, -0.05) is 18.2 Å². The van der Waals surface area contributed by atoms with Crippen molar-refractivity contribution < 1.29 is 13.2 Å². The van der Waals surface area contributed by atoms with Crippen LogP contribution in [0, 0.1) is 6.92 Å². The molecule has 3 N–H and O–H groups in total. The quantitative estimate of drug-likeness (QED) is 0.704. The van der Waals surface area contributed by atoms with Gasteiger partial charge in [0.25, 0.3) is 5.91 Å². The van der Waals surface area contributed by atoms with Gasteiger partial charge in [0.15, 0.2) is 5.69 Å². The minimum atomic E-state index is -3.83. The molecule has 1 aromatic heterocycles. The molecule has 0 spiro atoms. The summed E-state index contributed by atoms with van der Waals surface area (Å²) in [6.07, 6.45) is 0. The molecule has 0 unspecified atom stereocenters. The van der Waals surface area contributed by atoms with Crippen LogP contribution in [0.4, 0.5) is 5.69 Å². The van der Waals surface area contributed by atoms with Crippen molar-refractivity contribution in [2.45, 2.75) is 11.8 Å². The van der Waals surface area contributed by atoms with Crippen molar-refractivity contribution in [2.24, 2.45) is 5.14 Å². The average Bonchev–Trinajstić information content (AvgIpc) is 2.62. The Hall–Kier alpha value is -3.30. The zero-order valence-corrected chi connectivity index (χ0v) is 15.1. The first-order valence-corrected chi connectivity index (χ1v) is 9.41. The van der Waals surface area contributed by atoms with Crippen LogP contribution in [-0.2, 0) is 10.0 Å². The Labute approximate surface area is 155 Å². The molecule has 0 saturated carbocycles. The Morgan fingerprint density at radius 2 is 1.70 bits per heavy atom. The first kappa shape index (κ1) is 18.5. The predicted octanol–water partition coefficient (Wildman–Crippen LogP) is 1.44. The van der Waals surface area contributed by atoms with E-state index in [0.717, 1.165) is 0 Å². The van der Waals surface area contributed by atoms with Crippen molar-refractivity contribution in [1.82, 2.24) is 9.78 Å². The number of nitrogens with two attached hydrogens (primary N) is 1. The van der Waals surface area contributed by atoms with Gasteiger partial charge in [-0.15, -0.1) is 0 Å². The second-order valence-electron chi connectivity index (χ2n) is 5.77. The third-order valence-corrected chi connectivity index (χ3v) is 4.69. The van der Waals surface area contributed by atoms with Gasteiger partial charge in [0.05, 0.1) is 10.6 Å². The monoisotopic (exact) mass is 384 g/mol. The minimum Gasteiger partial charge on any atom is -0.320 e. The minimum absolute atomic E-state index is 0.0830. The summed E-state index contributed by atoms with van der Waals surface area (Å²) in [6.45, 7) is 1.72. The van der Waals surface area contributed by atoms with E-state index < -0.39 is 21.4 Å². The van der Waals surface area contributed by atoms with Gasteiger partial charge in [-0.25, -0.2) is 18.2 Å². The van der Waals surface area contributed by atoms with Gasteiger partial charge in [-0.05, 0) is 43.3 Å². The molecule has 8 nitrogen and oxygen atoms in total. The fraction of sp³-hybridized carbons (Fsp3) is 0.0556. The van der Waals surface area contributed by atoms with Crippen LogP contribution in [0.3, 0.4) is 0 Å². The van der Waals surface area contributed by atoms with Crippen LogP contribution in [0.15, 0.2) is 70.4 Å². The fourth-order valence-corrected chi connectivity index (χ4v) is 2.97. The Balaban J connectivity index is 1.92. The van der Waals surface area contributed by atoms with Crippen molar-refractivity contribution in [3.63, 3.8) is 0 Å². The number of aryl methyl sites for hydroxylation is 1. The molecule has 9 heteroatoms. The van der Waals surface area contributed by atoms with E-state index in [1.165, 1.54) is 35.0 Å². The molecule has 0 saturated heterocycles. The van der Waals surface area contributed by atoms with E-state index in [2.05, 4.69) is 10.4 Å². The van der Waals surface area contributed by atoms with E-state index in [0.29, 0.717) is 17.1 Å². The highest BCUT2D eigenvalue weighted by atomic mass is 32.2. The van der Waals surface area contributed by atoms with Crippen LogP contribution in [0.25, 0.3) is 5.69 Å². The van der Waals surface area contributed by atoms with E-state index in [9.17, 15) is 18.0 Å². The Morgan fingerprint density at radius 3 is 2.30 bits per heavy atom. The molecule has 0 bridgehead atoms. The molecule has 1 amide bonds. The standard InChI is InChI=1S/C18H16N4O4S/c1-12-11-16(23)17(21-22(12)14-5-3-2-4-6-14)18(24)20-13-7-9-15(10-8-13)27(19,25)26/h2-11H,1H3,(H,20,24)(H2,19,25,26). The molecule has 0 atom stereocenters. The van der Waals surface area contributed by atoms with Gasteiger partial charge in [-0.3, -0.25) is 9.59 Å². The van der Waals surface area contributed by atoms with Crippen LogP contribution in [-0.4, -0.2) is 24.1 Å². The highest BCUT2D eigenvalue weighted by Gasteiger charge is 2.16. The first-order valence-electron chi connectivity index (χ1n) is 7.86. The number of nitrogens with one attached hydrogen (secondary N) is 1. The molecule has 138 valence electrons. The smallest absolute Gasteiger partial charge is 0.280 e. The van der Waals surface area contributed by atoms with Gasteiger partial charge in [0.2, 0.25) is 15.5 Å². The van der Waals surface area contributed by atoms with E-state index >= 15 is 0 Å². The lowest BCUT2D eigenvalue weighted by Gasteiger charge is -2.11. The number of nitrogens with zero attached hydrogens (tertiary/aromatic N) is 2. The topological polar surface area (TPSA) is 124 Å². The van der Waals surface area contributed by atoms with Gasteiger partial charge >= 0.3 is 0 Å². The number of aromatic nitrogens is 2. The number of amides is 1. The average molecular weight is 384 g/mol. The molecular formula is C18H16N4O4S. The number of carbonyl (C=O) groups excluding carboxylic acids is 1. The maximum Gasteiger partial charge on any atom is 0.280 e. The fourth-order valence-electron chi connectivity index (χ4n) is 2.45. The summed E-state index contributed by atoms with van der Waals surface area (Å²) in [4.78, 5) is 24.6. The Kier molecular flexibility index (Phi) is 4.89. The summed E-state index contributed by atoms with van der Waals surface area (Å²) in [5.41, 5.74) is 0.806. The maximum atomic E-state index is 12.5. The Bertz CT molecular complexity index is 1150. The van der Waals surface area contributed by atoms with Crippen molar-refractivity contribution >= 4 is 21.6 Å². The highest BCUT2D eigenvalue weighted by Crippen LogP contribution is 2.14. The highest BCUT2D eigenvalue weighted by molar-refractivity contribution is 7.89. The second kappa shape index (κ2) is 7.14. The largest absolute Gasteiger partial charge is 0.320 e. The number of benzene rings is 2. The van der Waals surface area contributed by atoms with Crippen molar-refractivity contribution in [3.8, 4) is 5.69 Å². The SMILES string of the molecule is Cc1cc(=O)c(C(=O)Nc2ccc(S(N)(=O)=O)cc2)nn1-c1ccccc1. The molecule has 0 aliphatic carbocycles. The van der Waals surface area contributed by atoms with E-state index in [1.807, 2.05) is 18.2 Å². The number of carbonyl (C=O) groups is 1. The normalized spacial score (nSPS) is 11.2. The number of hydrogen-bond donors (Lipinski definition) is 2. The molecule has 2 aromatic carbocycles. The molecular weight excluding hydrogens is 368 g/mol. The molecule has 0 aliphatic rings. The van der Waals surface area contributed by atoms with E-state index in [1.54, 1.807) is 19.1 Å². The summed E-state index contributed by atoms with van der Waals surface area (Å²) >= 11 is 0. The number of primary sulfonamides is 1. The van der Waals surface area contributed by atoms with Crippen molar-refractivity contribution in [2.75, 3.05) is 5.32 Å². The lowest BCUT2D eigenvalue weighted by molar-refractivity contribution is 0.101. The number of hydrogen-bond acceptors (Lipinski definition) is 5. The van der Waals surface area contributed by atoms with Crippen LogP contribution >= 0.6 is 0 Å². The second-order valence-corrected chi connectivity index (χ2v) is 7.33. The van der Waals surface area contributed by atoms with Crippen molar-refractivity contribution in [1.29, 1.82) is 0 Å². The summed E-state index contributed by atoms with van der Waals surface area (Å²) in [7, 11) is -3.83. The van der Waals surface area contributed by atoms with Gasteiger partial charge in [0.1, 0.15) is 0 Å². The zero-order chi connectivity index (χ0) is 19.6. The van der Waals surface area contributed by atoms with Crippen LogP contribution < -0.4 is 15.9 Å². The third kappa shape index (κ3) is 4.10. The summed E-state index contributed by atoms with van der Waals surface area (Å²) < 4.78 is 24.0. The number of rotatable bonds is 4. The van der Waals surface area contributed by atoms with Crippen LogP contribution in [0.5, 0.6) is 0 Å². The molecule has 0 aliphatic heterocycles. The summed E-state index contributed by atoms with van der Waals surface area (Å²) in [5, 5.41) is 11.7. The molecule has 0 radical (unpaired) electrons. The van der Waals surface area contributed by atoms with Gasteiger partial charge < -0.3 is 5.32 Å². The molecule has 3 aromatic rings. The number of anilines is 1. The Morgan fingerprint density at radius 1 is 1.07 bits per heavy atom. The van der Waals surface area contributed by atoms with Gasteiger partial charge in [0, 0.05) is 17.4 Å². The van der Waals surface area contributed by atoms with E-state index in [4.69, 9.17) is 5.14 Å². The summed E-state index contributed by atoms with van der Waals surface area (Å²) in [6, 6.07) is 15.7. The number of sulfonamides is 1. The van der Waals surface area contributed by atoms with Crippen LogP contribution in [0.2, 0.25) is 0 Å². The number of para-hydroxylation sites is 1. The van der Waals surface area contributed by atoms with Crippen molar-refractivity contribution in [3.05, 3.63) is 82.3 Å². The zero-order valence-electron chi connectivity index (χ0n) is 14.3. The molecule has 3 rings (SSSR count). The van der Waals surface area contributed by atoms with Crippen LogP contribution in [0.1, 0.15) is 16.2 Å². The maximum absolute atomic E-state index is 12.5. The molecule has 1 heterocycles. The van der Waals surface area contributed by atoms with E-state index in [-0.39, 0.29) is 10.6 Å². The van der Waals surface area contributed by atoms with Gasteiger partial charge in [-0.2, -0.15) is 5.10 Å². The first-order chi connectivity index (χ1) is 12.8. The summed E-state index contributed by atoms with van der Waals surface area (Å²) in [5.74, 6) is -0.701. The third-order valence-electron chi connectivity index (χ3n) is 3.76. The predicted molar refractivity (Wildman–Crippen MR) is 100 cm³/mol.